The second-order valence-corrected chi connectivity index (χ2v) is 3.77. The van der Waals surface area contributed by atoms with E-state index in [4.69, 9.17) is 10.5 Å². The Bertz CT molecular complexity index is 436. The minimum Gasteiger partial charge on any atom is -0.466 e. The Balaban J connectivity index is 3.15. The second kappa shape index (κ2) is 6.39. The van der Waals surface area contributed by atoms with Gasteiger partial charge >= 0.3 is 5.97 Å². The van der Waals surface area contributed by atoms with Crippen LogP contribution in [0.2, 0.25) is 0 Å². The van der Waals surface area contributed by atoms with Crippen LogP contribution in [-0.2, 0) is 22.5 Å². The predicted octanol–water partition coefficient (Wildman–Crippen LogP) is 1.89. The Morgan fingerprint density at radius 2 is 2.17 bits per heavy atom. The molecule has 0 saturated carbocycles. The van der Waals surface area contributed by atoms with Crippen molar-refractivity contribution in [2.45, 2.75) is 33.2 Å². The lowest BCUT2D eigenvalue weighted by Gasteiger charge is -2.14. The molecule has 4 nitrogen and oxygen atoms in total. The quantitative estimate of drug-likeness (QED) is 0.819. The van der Waals surface area contributed by atoms with E-state index >= 15 is 0 Å². The average Bonchev–Trinajstić information content (AvgIpc) is 2.31. The van der Waals surface area contributed by atoms with Crippen LogP contribution in [0.15, 0.2) is 6.20 Å². The lowest BCUT2D eigenvalue weighted by atomic mass is 9.99. The topological polar surface area (TPSA) is 65.2 Å². The van der Waals surface area contributed by atoms with Crippen molar-refractivity contribution in [3.63, 3.8) is 0 Å². The molecule has 100 valence electrons. The van der Waals surface area contributed by atoms with Gasteiger partial charge in [-0.3, -0.25) is 9.78 Å². The molecular weight excluding hydrogens is 242 g/mol. The summed E-state index contributed by atoms with van der Waals surface area (Å²) in [5.74, 6) is -0.457. The van der Waals surface area contributed by atoms with E-state index < -0.39 is 12.4 Å². The number of hydrogen-bond acceptors (Lipinski definition) is 4. The van der Waals surface area contributed by atoms with Gasteiger partial charge < -0.3 is 10.5 Å². The van der Waals surface area contributed by atoms with Crippen LogP contribution in [0.1, 0.15) is 35.7 Å². The van der Waals surface area contributed by atoms with E-state index in [2.05, 4.69) is 4.98 Å². The fourth-order valence-corrected chi connectivity index (χ4v) is 1.73. The zero-order valence-electron chi connectivity index (χ0n) is 10.4. The third-order valence-electron chi connectivity index (χ3n) is 2.58. The molecule has 18 heavy (non-hydrogen) atoms. The van der Waals surface area contributed by atoms with Gasteiger partial charge in [0.15, 0.2) is 0 Å². The summed E-state index contributed by atoms with van der Waals surface area (Å²) in [5, 5.41) is 0. The first-order valence-electron chi connectivity index (χ1n) is 5.62. The highest BCUT2D eigenvalue weighted by atomic mass is 19.3. The summed E-state index contributed by atoms with van der Waals surface area (Å²) in [6, 6.07) is 0. The molecule has 1 rings (SSSR count). The van der Waals surface area contributed by atoms with Gasteiger partial charge in [-0.1, -0.05) is 0 Å². The number of esters is 1. The van der Waals surface area contributed by atoms with Crippen LogP contribution in [-0.4, -0.2) is 17.6 Å². The van der Waals surface area contributed by atoms with Gasteiger partial charge in [-0.25, -0.2) is 8.78 Å². The number of nitrogens with two attached hydrogens (primary N) is 1. The van der Waals surface area contributed by atoms with Crippen molar-refractivity contribution in [3.05, 3.63) is 28.6 Å². The number of rotatable bonds is 5. The molecule has 1 heterocycles. The molecule has 6 heteroatoms. The maximum atomic E-state index is 12.8. The third-order valence-corrected chi connectivity index (χ3v) is 2.58. The van der Waals surface area contributed by atoms with E-state index in [1.807, 2.05) is 0 Å². The highest BCUT2D eigenvalue weighted by molar-refractivity contribution is 5.73. The SMILES string of the molecule is CCOC(=O)Cc1c(C)cnc(C(F)F)c1CN. The van der Waals surface area contributed by atoms with Crippen LogP contribution >= 0.6 is 0 Å². The first-order valence-corrected chi connectivity index (χ1v) is 5.62. The Kier molecular flexibility index (Phi) is 5.15. The third kappa shape index (κ3) is 3.22. The number of ether oxygens (including phenoxy) is 1. The fourth-order valence-electron chi connectivity index (χ4n) is 1.73. The number of nitrogens with zero attached hydrogens (tertiary/aromatic N) is 1. The molecular formula is C12H16F2N2O2. The van der Waals surface area contributed by atoms with E-state index in [1.54, 1.807) is 13.8 Å². The van der Waals surface area contributed by atoms with Crippen molar-refractivity contribution < 1.29 is 18.3 Å². The van der Waals surface area contributed by atoms with Crippen molar-refractivity contribution in [2.24, 2.45) is 5.73 Å². The number of halogens is 2. The van der Waals surface area contributed by atoms with Gasteiger partial charge in [0.2, 0.25) is 0 Å². The maximum absolute atomic E-state index is 12.8. The fraction of sp³-hybridized carbons (Fsp3) is 0.500. The van der Waals surface area contributed by atoms with E-state index in [-0.39, 0.29) is 30.8 Å². The summed E-state index contributed by atoms with van der Waals surface area (Å²) >= 11 is 0. The van der Waals surface area contributed by atoms with Crippen LogP contribution in [0, 0.1) is 6.92 Å². The molecule has 0 aromatic carbocycles. The maximum Gasteiger partial charge on any atom is 0.310 e. The number of aryl methyl sites for hydroxylation is 1. The number of alkyl halides is 2. The molecule has 0 aliphatic heterocycles. The van der Waals surface area contributed by atoms with Gasteiger partial charge in [0.25, 0.3) is 6.43 Å². The minimum atomic E-state index is -2.70. The van der Waals surface area contributed by atoms with Gasteiger partial charge in [-0.2, -0.15) is 0 Å². The lowest BCUT2D eigenvalue weighted by molar-refractivity contribution is -0.142. The first-order chi connectivity index (χ1) is 8.51. The zero-order chi connectivity index (χ0) is 13.7. The van der Waals surface area contributed by atoms with E-state index in [0.29, 0.717) is 11.1 Å². The summed E-state index contributed by atoms with van der Waals surface area (Å²) in [6.45, 7) is 3.56. The molecule has 0 bridgehead atoms. The van der Waals surface area contributed by atoms with Gasteiger partial charge in [-0.15, -0.1) is 0 Å². The summed E-state index contributed by atoms with van der Waals surface area (Å²) in [6.07, 6.45) is -1.44. The van der Waals surface area contributed by atoms with Crippen LogP contribution < -0.4 is 5.73 Å². The summed E-state index contributed by atoms with van der Waals surface area (Å²) in [7, 11) is 0. The normalized spacial score (nSPS) is 10.8. The van der Waals surface area contributed by atoms with Gasteiger partial charge in [0, 0.05) is 12.7 Å². The van der Waals surface area contributed by atoms with Crippen LogP contribution in [0.3, 0.4) is 0 Å². The molecule has 0 saturated heterocycles. The molecule has 0 spiro atoms. The first kappa shape index (κ1) is 14.5. The zero-order valence-corrected chi connectivity index (χ0v) is 10.4. The molecule has 0 fully saturated rings. The monoisotopic (exact) mass is 258 g/mol. The number of carbonyl (C=O) groups is 1. The molecule has 1 aromatic rings. The van der Waals surface area contributed by atoms with Crippen LogP contribution in [0.5, 0.6) is 0 Å². The molecule has 0 atom stereocenters. The van der Waals surface area contributed by atoms with Crippen molar-refractivity contribution in [1.29, 1.82) is 0 Å². The van der Waals surface area contributed by atoms with E-state index in [1.165, 1.54) is 6.20 Å². The van der Waals surface area contributed by atoms with Gasteiger partial charge in [0.1, 0.15) is 5.69 Å². The molecule has 2 N–H and O–H groups in total. The Morgan fingerprint density at radius 1 is 1.50 bits per heavy atom. The van der Waals surface area contributed by atoms with Crippen molar-refractivity contribution >= 4 is 5.97 Å². The number of hydrogen-bond donors (Lipinski definition) is 1. The predicted molar refractivity (Wildman–Crippen MR) is 62.2 cm³/mol. The van der Waals surface area contributed by atoms with Gasteiger partial charge in [-0.05, 0) is 30.5 Å². The number of aromatic nitrogens is 1. The smallest absolute Gasteiger partial charge is 0.310 e. The van der Waals surface area contributed by atoms with Gasteiger partial charge in [0.05, 0.1) is 13.0 Å². The molecule has 0 aliphatic carbocycles. The largest absolute Gasteiger partial charge is 0.466 e. The minimum absolute atomic E-state index is 0.0611. The van der Waals surface area contributed by atoms with Crippen molar-refractivity contribution in [1.82, 2.24) is 4.98 Å². The average molecular weight is 258 g/mol. The molecule has 0 radical (unpaired) electrons. The Morgan fingerprint density at radius 3 is 2.67 bits per heavy atom. The standard InChI is InChI=1S/C12H16F2N2O2/c1-3-18-10(17)4-8-7(2)6-16-11(12(13)14)9(8)5-15/h6,12H,3-5,15H2,1-2H3. The summed E-state index contributed by atoms with van der Waals surface area (Å²) in [5.41, 5.74) is 6.51. The second-order valence-electron chi connectivity index (χ2n) is 3.77. The van der Waals surface area contributed by atoms with E-state index in [0.717, 1.165) is 0 Å². The van der Waals surface area contributed by atoms with Crippen molar-refractivity contribution in [3.8, 4) is 0 Å². The van der Waals surface area contributed by atoms with Crippen molar-refractivity contribution in [2.75, 3.05) is 6.61 Å². The highest BCUT2D eigenvalue weighted by Gasteiger charge is 2.20. The number of pyridine rings is 1. The summed E-state index contributed by atoms with van der Waals surface area (Å²) in [4.78, 5) is 15.1. The van der Waals surface area contributed by atoms with E-state index in [9.17, 15) is 13.6 Å². The highest BCUT2D eigenvalue weighted by Crippen LogP contribution is 2.25. The molecule has 0 unspecified atom stereocenters. The number of carbonyl (C=O) groups excluding carboxylic acids is 1. The summed E-state index contributed by atoms with van der Waals surface area (Å²) < 4.78 is 30.4. The Hall–Kier alpha value is -1.56. The van der Waals surface area contributed by atoms with Crippen LogP contribution in [0.25, 0.3) is 0 Å². The molecule has 1 aromatic heterocycles. The molecule has 0 aliphatic rings. The molecule has 0 amide bonds. The van der Waals surface area contributed by atoms with Crippen LogP contribution in [0.4, 0.5) is 8.78 Å². The lowest BCUT2D eigenvalue weighted by Crippen LogP contribution is -2.15. The Labute approximate surface area is 104 Å².